The molecule has 1 aliphatic heterocycles. The zero-order valence-electron chi connectivity index (χ0n) is 5.60. The van der Waals surface area contributed by atoms with Gasteiger partial charge < -0.3 is 5.32 Å². The molecule has 2 fully saturated rings. The van der Waals surface area contributed by atoms with Crippen molar-refractivity contribution in [3.63, 3.8) is 0 Å². The molecule has 0 unspecified atom stereocenters. The molecule has 0 bridgehead atoms. The van der Waals surface area contributed by atoms with E-state index in [-0.39, 0.29) is 0 Å². The Bertz CT molecular complexity index is 97.1. The van der Waals surface area contributed by atoms with Crippen molar-refractivity contribution in [3.05, 3.63) is 0 Å². The van der Waals surface area contributed by atoms with Crippen LogP contribution in [0.5, 0.6) is 0 Å². The molecule has 2 heteroatoms. The molecule has 0 aromatic rings. The molecule has 2 rings (SSSR count). The summed E-state index contributed by atoms with van der Waals surface area (Å²) >= 11 is 2.05. The molecule has 1 saturated heterocycles. The normalized spacial score (nSPS) is 28.0. The van der Waals surface area contributed by atoms with Crippen LogP contribution in [0.25, 0.3) is 0 Å². The van der Waals surface area contributed by atoms with E-state index in [1.807, 2.05) is 0 Å². The third kappa shape index (κ3) is 1.62. The van der Waals surface area contributed by atoms with Crippen LogP contribution in [-0.2, 0) is 0 Å². The minimum absolute atomic E-state index is 0.871. The average molecular weight is 143 g/mol. The Hall–Kier alpha value is 0.310. The van der Waals surface area contributed by atoms with E-state index < -0.39 is 0 Å². The summed E-state index contributed by atoms with van der Waals surface area (Å²) in [7, 11) is 0. The summed E-state index contributed by atoms with van der Waals surface area (Å²) in [4.78, 5) is 0. The van der Waals surface area contributed by atoms with Gasteiger partial charge in [0.05, 0.1) is 0 Å². The van der Waals surface area contributed by atoms with Crippen LogP contribution >= 0.6 is 11.8 Å². The first kappa shape index (κ1) is 6.05. The molecule has 1 heterocycles. The number of hydrogen-bond donors (Lipinski definition) is 1. The Balaban J connectivity index is 1.55. The van der Waals surface area contributed by atoms with E-state index >= 15 is 0 Å². The smallest absolute Gasteiger partial charge is 0.0248 e. The Morgan fingerprint density at radius 2 is 2.11 bits per heavy atom. The van der Waals surface area contributed by atoms with Crippen LogP contribution in [0.2, 0.25) is 0 Å². The molecule has 0 aromatic heterocycles. The molecule has 52 valence electrons. The highest BCUT2D eigenvalue weighted by molar-refractivity contribution is 8.00. The number of nitrogens with one attached hydrogen (secondary N) is 1. The molecule has 9 heavy (non-hydrogen) atoms. The van der Waals surface area contributed by atoms with Gasteiger partial charge >= 0.3 is 0 Å². The predicted molar refractivity (Wildman–Crippen MR) is 41.8 cm³/mol. The van der Waals surface area contributed by atoms with E-state index in [4.69, 9.17) is 0 Å². The second-order valence-electron chi connectivity index (χ2n) is 3.09. The van der Waals surface area contributed by atoms with Crippen molar-refractivity contribution in [2.24, 2.45) is 5.92 Å². The second kappa shape index (κ2) is 2.51. The fraction of sp³-hybridized carbons (Fsp3) is 1.00. The van der Waals surface area contributed by atoms with Gasteiger partial charge in [0.25, 0.3) is 0 Å². The fourth-order valence-electron chi connectivity index (χ4n) is 1.01. The highest BCUT2D eigenvalue weighted by atomic mass is 32.2. The van der Waals surface area contributed by atoms with Crippen molar-refractivity contribution in [2.75, 3.05) is 18.1 Å². The van der Waals surface area contributed by atoms with Crippen molar-refractivity contribution in [1.82, 2.24) is 5.32 Å². The largest absolute Gasteiger partial charge is 0.312 e. The average Bonchev–Trinajstić information content (AvgIpc) is 2.44. The lowest BCUT2D eigenvalue weighted by Gasteiger charge is -2.25. The summed E-state index contributed by atoms with van der Waals surface area (Å²) in [6, 6.07) is 0.871. The highest BCUT2D eigenvalue weighted by Crippen LogP contribution is 2.28. The zero-order valence-corrected chi connectivity index (χ0v) is 6.41. The van der Waals surface area contributed by atoms with E-state index in [9.17, 15) is 0 Å². The molecule has 0 radical (unpaired) electrons. The van der Waals surface area contributed by atoms with Gasteiger partial charge in [0, 0.05) is 17.5 Å². The Labute approximate surface area is 60.6 Å². The van der Waals surface area contributed by atoms with Gasteiger partial charge in [-0.2, -0.15) is 11.8 Å². The molecule has 0 amide bonds. The summed E-state index contributed by atoms with van der Waals surface area (Å²) in [5, 5.41) is 3.56. The lowest BCUT2D eigenvalue weighted by molar-refractivity contribution is 0.556. The zero-order chi connectivity index (χ0) is 6.10. The van der Waals surface area contributed by atoms with E-state index in [1.54, 1.807) is 0 Å². The van der Waals surface area contributed by atoms with Crippen LogP contribution in [0.4, 0.5) is 0 Å². The maximum absolute atomic E-state index is 3.56. The monoisotopic (exact) mass is 143 g/mol. The second-order valence-corrected chi connectivity index (χ2v) is 4.16. The number of hydrogen-bond acceptors (Lipinski definition) is 2. The van der Waals surface area contributed by atoms with Gasteiger partial charge in [-0.05, 0) is 25.3 Å². The topological polar surface area (TPSA) is 12.0 Å². The van der Waals surface area contributed by atoms with E-state index in [2.05, 4.69) is 17.1 Å². The first-order valence-corrected chi connectivity index (χ1v) is 4.92. The first-order valence-electron chi connectivity index (χ1n) is 3.76. The summed E-state index contributed by atoms with van der Waals surface area (Å²) in [6.45, 7) is 1.30. The van der Waals surface area contributed by atoms with Crippen LogP contribution in [0.15, 0.2) is 0 Å². The third-order valence-electron chi connectivity index (χ3n) is 2.03. The summed E-state index contributed by atoms with van der Waals surface area (Å²) in [6.07, 6.45) is 2.96. The molecule has 1 saturated carbocycles. The van der Waals surface area contributed by atoms with Gasteiger partial charge in [0.2, 0.25) is 0 Å². The summed E-state index contributed by atoms with van der Waals surface area (Å²) in [5.74, 6) is 3.76. The SMILES string of the molecule is C1CC1CNC1CSC1. The molecular weight excluding hydrogens is 130 g/mol. The van der Waals surface area contributed by atoms with Crippen LogP contribution in [0.3, 0.4) is 0 Å². The van der Waals surface area contributed by atoms with Crippen LogP contribution in [0.1, 0.15) is 12.8 Å². The molecule has 0 aromatic carbocycles. The van der Waals surface area contributed by atoms with Gasteiger partial charge in [-0.1, -0.05) is 0 Å². The fourth-order valence-corrected chi connectivity index (χ4v) is 1.72. The lowest BCUT2D eigenvalue weighted by Crippen LogP contribution is -2.41. The van der Waals surface area contributed by atoms with Crippen molar-refractivity contribution >= 4 is 11.8 Å². The molecule has 2 aliphatic rings. The molecule has 1 N–H and O–H groups in total. The van der Waals surface area contributed by atoms with Crippen LogP contribution in [0, 0.1) is 5.92 Å². The number of thioether (sulfide) groups is 1. The number of rotatable bonds is 3. The van der Waals surface area contributed by atoms with E-state index in [1.165, 1.54) is 30.9 Å². The van der Waals surface area contributed by atoms with Gasteiger partial charge in [0.15, 0.2) is 0 Å². The first-order chi connectivity index (χ1) is 4.45. The van der Waals surface area contributed by atoms with Crippen LogP contribution in [-0.4, -0.2) is 24.1 Å². The van der Waals surface area contributed by atoms with Gasteiger partial charge in [-0.3, -0.25) is 0 Å². The minimum Gasteiger partial charge on any atom is -0.312 e. The molecule has 1 aliphatic carbocycles. The lowest BCUT2D eigenvalue weighted by atomic mass is 10.3. The van der Waals surface area contributed by atoms with Crippen molar-refractivity contribution in [2.45, 2.75) is 18.9 Å². The van der Waals surface area contributed by atoms with Gasteiger partial charge in [-0.25, -0.2) is 0 Å². The quantitative estimate of drug-likeness (QED) is 0.635. The maximum atomic E-state index is 3.56. The maximum Gasteiger partial charge on any atom is 0.0248 e. The highest BCUT2D eigenvalue weighted by Gasteiger charge is 2.24. The van der Waals surface area contributed by atoms with Crippen LogP contribution < -0.4 is 5.32 Å². The summed E-state index contributed by atoms with van der Waals surface area (Å²) < 4.78 is 0. The van der Waals surface area contributed by atoms with Crippen molar-refractivity contribution in [3.8, 4) is 0 Å². The standard InChI is InChI=1S/C7H13NS/c1-2-6(1)3-8-7-4-9-5-7/h6-8H,1-5H2. The van der Waals surface area contributed by atoms with Crippen molar-refractivity contribution in [1.29, 1.82) is 0 Å². The van der Waals surface area contributed by atoms with E-state index in [0.29, 0.717) is 0 Å². The Morgan fingerprint density at radius 1 is 1.33 bits per heavy atom. The summed E-state index contributed by atoms with van der Waals surface area (Å²) in [5.41, 5.74) is 0. The molecule has 0 atom stereocenters. The van der Waals surface area contributed by atoms with Crippen molar-refractivity contribution < 1.29 is 0 Å². The minimum atomic E-state index is 0.871. The van der Waals surface area contributed by atoms with Gasteiger partial charge in [0.1, 0.15) is 0 Å². The Morgan fingerprint density at radius 3 is 2.56 bits per heavy atom. The Kier molecular flexibility index (Phi) is 1.68. The molecule has 0 spiro atoms. The molecular formula is C7H13NS. The predicted octanol–water partition coefficient (Wildman–Crippen LogP) is 1.10. The van der Waals surface area contributed by atoms with E-state index in [0.717, 1.165) is 12.0 Å². The third-order valence-corrected chi connectivity index (χ3v) is 3.31. The molecule has 1 nitrogen and oxygen atoms in total. The van der Waals surface area contributed by atoms with Gasteiger partial charge in [-0.15, -0.1) is 0 Å².